The van der Waals surface area contributed by atoms with Gasteiger partial charge in [-0.1, -0.05) is 49.7 Å². The Morgan fingerprint density at radius 1 is 0.920 bits per heavy atom. The molecule has 2 aliphatic rings. The van der Waals surface area contributed by atoms with E-state index in [1.165, 1.54) is 30.4 Å². The summed E-state index contributed by atoms with van der Waals surface area (Å²) in [5.74, 6) is 0.143. The van der Waals surface area contributed by atoms with Gasteiger partial charge in [0.15, 0.2) is 0 Å². The predicted molar refractivity (Wildman–Crippen MR) is 102 cm³/mol. The molecule has 2 aromatic carbocycles. The highest BCUT2D eigenvalue weighted by molar-refractivity contribution is 6.08. The van der Waals surface area contributed by atoms with Crippen molar-refractivity contribution in [2.75, 3.05) is 24.5 Å². The quantitative estimate of drug-likeness (QED) is 0.817. The number of nitrogens with zero attached hydrogens (tertiary/aromatic N) is 2. The van der Waals surface area contributed by atoms with Crippen LogP contribution < -0.4 is 4.90 Å². The van der Waals surface area contributed by atoms with E-state index in [-0.39, 0.29) is 11.9 Å². The Labute approximate surface area is 150 Å². The van der Waals surface area contributed by atoms with Gasteiger partial charge in [-0.15, -0.1) is 0 Å². The van der Waals surface area contributed by atoms with Gasteiger partial charge in [-0.3, -0.25) is 9.69 Å². The van der Waals surface area contributed by atoms with Crippen molar-refractivity contribution < 1.29 is 4.79 Å². The van der Waals surface area contributed by atoms with Crippen LogP contribution in [-0.4, -0.2) is 30.4 Å². The van der Waals surface area contributed by atoms with Gasteiger partial charge in [-0.05, 0) is 55.6 Å². The molecular weight excluding hydrogens is 308 g/mol. The number of hydrogen-bond acceptors (Lipinski definition) is 2. The van der Waals surface area contributed by atoms with Crippen LogP contribution >= 0.6 is 0 Å². The number of benzene rings is 2. The molecule has 0 N–H and O–H groups in total. The largest absolute Gasteiger partial charge is 0.308 e. The summed E-state index contributed by atoms with van der Waals surface area (Å²) < 4.78 is 0. The second kappa shape index (κ2) is 7.01. The van der Waals surface area contributed by atoms with Crippen LogP contribution in [0.2, 0.25) is 0 Å². The molecule has 4 rings (SSSR count). The van der Waals surface area contributed by atoms with E-state index in [4.69, 9.17) is 0 Å². The van der Waals surface area contributed by atoms with Crippen LogP contribution in [0.3, 0.4) is 0 Å². The molecule has 0 saturated carbocycles. The number of para-hydroxylation sites is 1. The predicted octanol–water partition coefficient (Wildman–Crippen LogP) is 4.63. The van der Waals surface area contributed by atoms with E-state index in [2.05, 4.69) is 48.2 Å². The fourth-order valence-corrected chi connectivity index (χ4v) is 4.33. The van der Waals surface area contributed by atoms with Gasteiger partial charge in [-0.25, -0.2) is 0 Å². The molecule has 1 atom stereocenters. The maximum Gasteiger partial charge on any atom is 0.258 e. The molecule has 0 spiro atoms. The van der Waals surface area contributed by atoms with Crippen molar-refractivity contribution in [3.63, 3.8) is 0 Å². The number of fused-ring (bicyclic) bond motifs is 2. The summed E-state index contributed by atoms with van der Waals surface area (Å²) in [6.07, 6.45) is 4.75. The SMILES string of the molecule is CCCN1C(=O)c2ccccc2C(N2CCCCC2)c2ccccc21. The maximum atomic E-state index is 13.3. The Kier molecular flexibility index (Phi) is 4.58. The van der Waals surface area contributed by atoms with Crippen LogP contribution in [0.5, 0.6) is 0 Å². The Hall–Kier alpha value is -2.13. The monoisotopic (exact) mass is 334 g/mol. The van der Waals surface area contributed by atoms with Gasteiger partial charge in [0.25, 0.3) is 5.91 Å². The fraction of sp³-hybridized carbons (Fsp3) is 0.409. The minimum absolute atomic E-state index is 0.143. The number of amides is 1. The molecule has 0 bridgehead atoms. The molecule has 1 unspecified atom stereocenters. The van der Waals surface area contributed by atoms with Crippen LogP contribution in [0.4, 0.5) is 5.69 Å². The number of rotatable bonds is 3. The summed E-state index contributed by atoms with van der Waals surface area (Å²) in [5, 5.41) is 0. The second-order valence-corrected chi connectivity index (χ2v) is 7.10. The number of carbonyl (C=O) groups is 1. The molecule has 2 aliphatic heterocycles. The van der Waals surface area contributed by atoms with Gasteiger partial charge in [-0.2, -0.15) is 0 Å². The Balaban J connectivity index is 1.92. The number of carbonyl (C=O) groups excluding carboxylic acids is 1. The first-order valence-electron chi connectivity index (χ1n) is 9.55. The molecule has 1 saturated heterocycles. The van der Waals surface area contributed by atoms with Crippen molar-refractivity contribution in [3.05, 3.63) is 65.2 Å². The first kappa shape index (κ1) is 16.3. The molecule has 25 heavy (non-hydrogen) atoms. The van der Waals surface area contributed by atoms with Crippen LogP contribution in [0.25, 0.3) is 0 Å². The minimum atomic E-state index is 0.143. The Morgan fingerprint density at radius 3 is 2.36 bits per heavy atom. The summed E-state index contributed by atoms with van der Waals surface area (Å²) in [6.45, 7) is 5.11. The summed E-state index contributed by atoms with van der Waals surface area (Å²) in [5.41, 5.74) is 4.39. The average molecular weight is 334 g/mol. The number of likely N-dealkylation sites (tertiary alicyclic amines) is 1. The summed E-state index contributed by atoms with van der Waals surface area (Å²) in [6, 6.07) is 16.9. The molecule has 0 aliphatic carbocycles. The van der Waals surface area contributed by atoms with Crippen molar-refractivity contribution in [3.8, 4) is 0 Å². The highest BCUT2D eigenvalue weighted by atomic mass is 16.2. The lowest BCUT2D eigenvalue weighted by molar-refractivity contribution is 0.0986. The van der Waals surface area contributed by atoms with Crippen molar-refractivity contribution in [1.82, 2.24) is 4.90 Å². The van der Waals surface area contributed by atoms with Gasteiger partial charge in [0, 0.05) is 17.8 Å². The van der Waals surface area contributed by atoms with E-state index >= 15 is 0 Å². The first-order chi connectivity index (χ1) is 12.3. The van der Waals surface area contributed by atoms with E-state index in [0.717, 1.165) is 37.3 Å². The summed E-state index contributed by atoms with van der Waals surface area (Å²) in [4.78, 5) is 17.9. The van der Waals surface area contributed by atoms with Crippen molar-refractivity contribution >= 4 is 11.6 Å². The number of piperidine rings is 1. The third kappa shape index (κ3) is 2.87. The van der Waals surface area contributed by atoms with Crippen molar-refractivity contribution in [2.24, 2.45) is 0 Å². The summed E-state index contributed by atoms with van der Waals surface area (Å²) >= 11 is 0. The van der Waals surface area contributed by atoms with Gasteiger partial charge in [0.05, 0.1) is 6.04 Å². The maximum absolute atomic E-state index is 13.3. The lowest BCUT2D eigenvalue weighted by Gasteiger charge is -2.36. The van der Waals surface area contributed by atoms with E-state index in [9.17, 15) is 4.79 Å². The molecular formula is C22H26N2O. The average Bonchev–Trinajstić information content (AvgIpc) is 2.77. The van der Waals surface area contributed by atoms with Gasteiger partial charge < -0.3 is 4.90 Å². The number of hydrogen-bond donors (Lipinski definition) is 0. The lowest BCUT2D eigenvalue weighted by atomic mass is 9.92. The van der Waals surface area contributed by atoms with Crippen LogP contribution in [0.1, 0.15) is 60.1 Å². The van der Waals surface area contributed by atoms with Crippen molar-refractivity contribution in [1.29, 1.82) is 0 Å². The second-order valence-electron chi connectivity index (χ2n) is 7.10. The van der Waals surface area contributed by atoms with E-state index in [1.54, 1.807) is 0 Å². The summed E-state index contributed by atoms with van der Waals surface area (Å²) in [7, 11) is 0. The minimum Gasteiger partial charge on any atom is -0.308 e. The third-order valence-corrected chi connectivity index (χ3v) is 5.46. The fourth-order valence-electron chi connectivity index (χ4n) is 4.33. The smallest absolute Gasteiger partial charge is 0.258 e. The van der Waals surface area contributed by atoms with Gasteiger partial charge >= 0.3 is 0 Å². The van der Waals surface area contributed by atoms with Crippen molar-refractivity contribution in [2.45, 2.75) is 38.6 Å². The van der Waals surface area contributed by atoms with E-state index < -0.39 is 0 Å². The van der Waals surface area contributed by atoms with Crippen LogP contribution in [0.15, 0.2) is 48.5 Å². The standard InChI is InChI=1S/C22H26N2O/c1-2-14-24-20-13-7-6-12-19(20)21(23-15-8-3-9-16-23)17-10-4-5-11-18(17)22(24)25/h4-7,10-13,21H,2-3,8-9,14-16H2,1H3. The van der Waals surface area contributed by atoms with Gasteiger partial charge in [0.2, 0.25) is 0 Å². The lowest BCUT2D eigenvalue weighted by Crippen LogP contribution is -2.34. The molecule has 1 fully saturated rings. The first-order valence-corrected chi connectivity index (χ1v) is 9.55. The highest BCUT2D eigenvalue weighted by Crippen LogP contribution is 2.41. The zero-order valence-electron chi connectivity index (χ0n) is 14.9. The van der Waals surface area contributed by atoms with Crippen LogP contribution in [0, 0.1) is 0 Å². The topological polar surface area (TPSA) is 23.6 Å². The molecule has 0 aromatic heterocycles. The van der Waals surface area contributed by atoms with E-state index in [0.29, 0.717) is 0 Å². The molecule has 130 valence electrons. The molecule has 1 amide bonds. The molecule has 2 aromatic rings. The molecule has 3 heteroatoms. The zero-order chi connectivity index (χ0) is 17.2. The van der Waals surface area contributed by atoms with Crippen LogP contribution in [-0.2, 0) is 0 Å². The molecule has 0 radical (unpaired) electrons. The Morgan fingerprint density at radius 2 is 1.60 bits per heavy atom. The third-order valence-electron chi connectivity index (χ3n) is 5.46. The Bertz CT molecular complexity index is 764. The zero-order valence-corrected chi connectivity index (χ0v) is 14.9. The molecule has 2 heterocycles. The van der Waals surface area contributed by atoms with Gasteiger partial charge in [0.1, 0.15) is 0 Å². The molecule has 3 nitrogen and oxygen atoms in total. The normalized spacial score (nSPS) is 20.8. The van der Waals surface area contributed by atoms with E-state index in [1.807, 2.05) is 17.0 Å². The number of anilines is 1. The highest BCUT2D eigenvalue weighted by Gasteiger charge is 2.35.